The number of hydrogen-bond donors (Lipinski definition) is 6. The summed E-state index contributed by atoms with van der Waals surface area (Å²) >= 11 is 0. The third-order valence-electron chi connectivity index (χ3n) is 14.7. The Kier molecular flexibility index (Phi) is 49.3. The molecule has 71 heavy (non-hydrogen) atoms. The summed E-state index contributed by atoms with van der Waals surface area (Å²) in [4.78, 5) is 13.0. The summed E-state index contributed by atoms with van der Waals surface area (Å²) in [5.41, 5.74) is 0. The number of aliphatic hydroxyl groups is 5. The van der Waals surface area contributed by atoms with Crippen LogP contribution in [0.1, 0.15) is 296 Å². The van der Waals surface area contributed by atoms with Gasteiger partial charge in [0.05, 0.1) is 25.4 Å². The Balaban J connectivity index is 2.00. The van der Waals surface area contributed by atoms with Crippen LogP contribution in [0.4, 0.5) is 0 Å². The molecule has 0 spiro atoms. The zero-order chi connectivity index (χ0) is 51.5. The standard InChI is InChI=1S/C62H117NO8/c1-3-5-7-9-11-13-14-15-16-17-18-19-20-21-22-23-24-25-26-27-28-29-30-31-32-33-34-35-36-37-38-39-40-41-42-44-46-48-50-52-58(66)63-55(56(65)51-49-47-45-43-12-10-8-6-4-2)54-70-62-61(69)60(68)59(67)57(53-64)71-62/h24-25,27-28,49,51,55-57,59-62,64-65,67-69H,3-23,26,29-48,50,52-54H2,1-2H3,(H,63,66)/b25-24-,28-27-,51-49+. The number of unbranched alkanes of at least 4 members (excludes halogenated alkanes) is 39. The number of nitrogens with one attached hydrogen (secondary N) is 1. The largest absolute Gasteiger partial charge is 0.394 e. The first kappa shape index (κ1) is 67.4. The van der Waals surface area contributed by atoms with Crippen molar-refractivity contribution in [2.24, 2.45) is 0 Å². The maximum atomic E-state index is 13.0. The average molecular weight is 1000 g/mol. The van der Waals surface area contributed by atoms with E-state index < -0.39 is 49.5 Å². The van der Waals surface area contributed by atoms with E-state index in [1.165, 1.54) is 231 Å². The Labute approximate surface area is 438 Å². The van der Waals surface area contributed by atoms with Gasteiger partial charge >= 0.3 is 0 Å². The number of carbonyl (C=O) groups excluding carboxylic acids is 1. The molecule has 9 heteroatoms. The number of hydrogen-bond acceptors (Lipinski definition) is 8. The van der Waals surface area contributed by atoms with Crippen molar-refractivity contribution in [3.8, 4) is 0 Å². The summed E-state index contributed by atoms with van der Waals surface area (Å²) in [6.07, 6.45) is 61.3. The van der Waals surface area contributed by atoms with Crippen molar-refractivity contribution in [3.05, 3.63) is 36.5 Å². The number of rotatable bonds is 53. The lowest BCUT2D eigenvalue weighted by Gasteiger charge is -2.40. The van der Waals surface area contributed by atoms with E-state index in [0.717, 1.165) is 44.9 Å². The van der Waals surface area contributed by atoms with E-state index >= 15 is 0 Å². The topological polar surface area (TPSA) is 149 Å². The summed E-state index contributed by atoms with van der Waals surface area (Å²) in [5.74, 6) is -0.177. The minimum absolute atomic E-state index is 0.177. The second-order valence-electron chi connectivity index (χ2n) is 21.5. The fourth-order valence-electron chi connectivity index (χ4n) is 9.84. The van der Waals surface area contributed by atoms with Gasteiger partial charge in [-0.15, -0.1) is 0 Å². The molecule has 7 unspecified atom stereocenters. The highest BCUT2D eigenvalue weighted by Gasteiger charge is 2.44. The molecular formula is C62H117NO8. The predicted molar refractivity (Wildman–Crippen MR) is 300 cm³/mol. The van der Waals surface area contributed by atoms with Crippen molar-refractivity contribution in [2.45, 2.75) is 339 Å². The minimum Gasteiger partial charge on any atom is -0.394 e. The van der Waals surface area contributed by atoms with Gasteiger partial charge in [-0.25, -0.2) is 0 Å². The third kappa shape index (κ3) is 41.4. The summed E-state index contributed by atoms with van der Waals surface area (Å²) in [5, 5.41) is 54.2. The maximum absolute atomic E-state index is 13.0. The lowest BCUT2D eigenvalue weighted by atomic mass is 9.99. The Morgan fingerprint density at radius 3 is 1.21 bits per heavy atom. The first-order chi connectivity index (χ1) is 34.8. The Morgan fingerprint density at radius 1 is 0.479 bits per heavy atom. The predicted octanol–water partition coefficient (Wildman–Crippen LogP) is 15.5. The van der Waals surface area contributed by atoms with Gasteiger partial charge in [0, 0.05) is 6.42 Å². The molecule has 0 aliphatic carbocycles. The highest BCUT2D eigenvalue weighted by Crippen LogP contribution is 2.23. The van der Waals surface area contributed by atoms with Crippen LogP contribution in [0.25, 0.3) is 0 Å². The van der Waals surface area contributed by atoms with Crippen LogP contribution in [0.15, 0.2) is 36.5 Å². The van der Waals surface area contributed by atoms with Gasteiger partial charge in [-0.05, 0) is 51.4 Å². The first-order valence-electron chi connectivity index (χ1n) is 30.7. The van der Waals surface area contributed by atoms with Crippen molar-refractivity contribution >= 4 is 5.91 Å². The van der Waals surface area contributed by atoms with Crippen LogP contribution >= 0.6 is 0 Å². The first-order valence-corrected chi connectivity index (χ1v) is 30.7. The van der Waals surface area contributed by atoms with E-state index in [1.54, 1.807) is 6.08 Å². The van der Waals surface area contributed by atoms with E-state index in [9.17, 15) is 30.3 Å². The molecule has 0 saturated carbocycles. The van der Waals surface area contributed by atoms with Crippen LogP contribution in [-0.4, -0.2) is 87.5 Å². The minimum atomic E-state index is -1.56. The van der Waals surface area contributed by atoms with Gasteiger partial charge < -0.3 is 40.3 Å². The van der Waals surface area contributed by atoms with E-state index in [-0.39, 0.29) is 12.5 Å². The Hall–Kier alpha value is -1.59. The molecule has 1 saturated heterocycles. The zero-order valence-corrected chi connectivity index (χ0v) is 46.5. The molecule has 0 radical (unpaired) electrons. The molecule has 0 aromatic carbocycles. The Morgan fingerprint density at radius 2 is 0.831 bits per heavy atom. The van der Waals surface area contributed by atoms with E-state index in [4.69, 9.17) is 9.47 Å². The van der Waals surface area contributed by atoms with E-state index in [1.807, 2.05) is 6.08 Å². The Bertz CT molecular complexity index is 1210. The van der Waals surface area contributed by atoms with Crippen molar-refractivity contribution in [3.63, 3.8) is 0 Å². The molecule has 9 nitrogen and oxygen atoms in total. The van der Waals surface area contributed by atoms with Crippen LogP contribution in [-0.2, 0) is 14.3 Å². The number of amides is 1. The lowest BCUT2D eigenvalue weighted by molar-refractivity contribution is -0.302. The van der Waals surface area contributed by atoms with Crippen LogP contribution in [0.5, 0.6) is 0 Å². The molecule has 1 aliphatic rings. The molecule has 0 aromatic heterocycles. The van der Waals surface area contributed by atoms with Gasteiger partial charge in [-0.3, -0.25) is 4.79 Å². The SMILES string of the molecule is CCCCCCCCC/C=C/C(O)C(COC1OC(CO)C(O)C(O)C1O)NC(=O)CCCCCCCCCCCCCCCCCCC/C=C\C/C=C\CCCCCCCCCCCCCCCCC. The number of ether oxygens (including phenoxy) is 2. The zero-order valence-electron chi connectivity index (χ0n) is 46.5. The smallest absolute Gasteiger partial charge is 0.220 e. The van der Waals surface area contributed by atoms with Gasteiger partial charge in [0.15, 0.2) is 6.29 Å². The van der Waals surface area contributed by atoms with Gasteiger partial charge in [0.1, 0.15) is 24.4 Å². The van der Waals surface area contributed by atoms with Crippen molar-refractivity contribution in [2.75, 3.05) is 13.2 Å². The quantitative estimate of drug-likeness (QED) is 0.0261. The molecule has 1 amide bonds. The van der Waals surface area contributed by atoms with Crippen LogP contribution < -0.4 is 5.32 Å². The van der Waals surface area contributed by atoms with Gasteiger partial charge in [-0.1, -0.05) is 275 Å². The maximum Gasteiger partial charge on any atom is 0.220 e. The number of carbonyl (C=O) groups is 1. The molecule has 1 heterocycles. The monoisotopic (exact) mass is 1000 g/mol. The molecule has 6 N–H and O–H groups in total. The molecule has 0 bridgehead atoms. The second kappa shape index (κ2) is 51.9. The van der Waals surface area contributed by atoms with Crippen LogP contribution in [0.2, 0.25) is 0 Å². The lowest BCUT2D eigenvalue weighted by Crippen LogP contribution is -2.60. The number of aliphatic hydroxyl groups excluding tert-OH is 5. The molecule has 418 valence electrons. The summed E-state index contributed by atoms with van der Waals surface area (Å²) in [7, 11) is 0. The molecule has 7 atom stereocenters. The molecular weight excluding hydrogens is 887 g/mol. The van der Waals surface area contributed by atoms with Crippen molar-refractivity contribution in [1.82, 2.24) is 5.32 Å². The normalized spacial score (nSPS) is 19.5. The molecule has 1 fully saturated rings. The molecule has 1 rings (SSSR count). The van der Waals surface area contributed by atoms with Crippen LogP contribution in [0.3, 0.4) is 0 Å². The van der Waals surface area contributed by atoms with Crippen LogP contribution in [0, 0.1) is 0 Å². The van der Waals surface area contributed by atoms with Crippen molar-refractivity contribution in [1.29, 1.82) is 0 Å². The van der Waals surface area contributed by atoms with Gasteiger partial charge in [0.25, 0.3) is 0 Å². The fraction of sp³-hybridized carbons (Fsp3) is 0.887. The average Bonchev–Trinajstić information content (AvgIpc) is 3.37. The van der Waals surface area contributed by atoms with Crippen molar-refractivity contribution < 1.29 is 39.8 Å². The molecule has 0 aromatic rings. The summed E-state index contributed by atoms with van der Waals surface area (Å²) < 4.78 is 11.2. The van der Waals surface area contributed by atoms with E-state index in [2.05, 4.69) is 43.5 Å². The summed E-state index contributed by atoms with van der Waals surface area (Å²) in [6, 6.07) is -0.802. The number of allylic oxidation sites excluding steroid dienone is 5. The second-order valence-corrected chi connectivity index (χ2v) is 21.5. The third-order valence-corrected chi connectivity index (χ3v) is 14.7. The highest BCUT2D eigenvalue weighted by molar-refractivity contribution is 5.76. The fourth-order valence-corrected chi connectivity index (χ4v) is 9.84. The molecule has 1 aliphatic heterocycles. The highest BCUT2D eigenvalue weighted by atomic mass is 16.7. The van der Waals surface area contributed by atoms with E-state index in [0.29, 0.717) is 6.42 Å². The van der Waals surface area contributed by atoms with Gasteiger partial charge in [-0.2, -0.15) is 0 Å². The summed E-state index contributed by atoms with van der Waals surface area (Å²) in [6.45, 7) is 3.76. The van der Waals surface area contributed by atoms with Gasteiger partial charge in [0.2, 0.25) is 5.91 Å².